The molecule has 3 rings (SSSR count). The van der Waals surface area contributed by atoms with Gasteiger partial charge in [0.05, 0.1) is 23.3 Å². The predicted molar refractivity (Wildman–Crippen MR) is 93.5 cm³/mol. The molecule has 0 bridgehead atoms. The lowest BCUT2D eigenvalue weighted by molar-refractivity contribution is -0.121. The van der Waals surface area contributed by atoms with E-state index in [0.29, 0.717) is 43.0 Å². The summed E-state index contributed by atoms with van der Waals surface area (Å²) in [6.07, 6.45) is 2.23. The van der Waals surface area contributed by atoms with Gasteiger partial charge in [-0.25, -0.2) is 0 Å². The highest BCUT2D eigenvalue weighted by atomic mass is 16.2. The molecule has 1 spiro atoms. The van der Waals surface area contributed by atoms with Gasteiger partial charge in [0.1, 0.15) is 0 Å². The summed E-state index contributed by atoms with van der Waals surface area (Å²) in [7, 11) is 0. The number of benzene rings is 1. The maximum absolute atomic E-state index is 12.6. The van der Waals surface area contributed by atoms with Gasteiger partial charge >= 0.3 is 0 Å². The quantitative estimate of drug-likeness (QED) is 0.876. The van der Waals surface area contributed by atoms with E-state index in [4.69, 9.17) is 5.26 Å². The van der Waals surface area contributed by atoms with Crippen molar-refractivity contribution in [3.63, 3.8) is 0 Å². The summed E-state index contributed by atoms with van der Waals surface area (Å²) in [4.78, 5) is 26.6. The van der Waals surface area contributed by atoms with E-state index in [0.717, 1.165) is 6.42 Å². The van der Waals surface area contributed by atoms with Gasteiger partial charge in [0, 0.05) is 31.5 Å². The van der Waals surface area contributed by atoms with Crippen LogP contribution < -0.4 is 10.6 Å². The summed E-state index contributed by atoms with van der Waals surface area (Å²) in [6, 6.07) is 8.62. The molecule has 0 aliphatic carbocycles. The highest BCUT2D eigenvalue weighted by Crippen LogP contribution is 2.27. The van der Waals surface area contributed by atoms with E-state index in [1.54, 1.807) is 24.3 Å². The molecular weight excluding hydrogens is 316 g/mol. The van der Waals surface area contributed by atoms with Crippen LogP contribution in [0.3, 0.4) is 0 Å². The second kappa shape index (κ2) is 6.85. The lowest BCUT2D eigenvalue weighted by Crippen LogP contribution is -2.58. The predicted octanol–water partition coefficient (Wildman–Crippen LogP) is 1.62. The molecule has 0 saturated carbocycles. The minimum Gasteiger partial charge on any atom is -0.338 e. The monoisotopic (exact) mass is 340 g/mol. The number of nitriles is 1. The molecule has 1 aromatic rings. The molecule has 1 aromatic carbocycles. The zero-order valence-electron chi connectivity index (χ0n) is 14.7. The van der Waals surface area contributed by atoms with E-state index in [1.807, 2.05) is 4.90 Å². The maximum atomic E-state index is 12.6. The van der Waals surface area contributed by atoms with Gasteiger partial charge < -0.3 is 10.2 Å². The van der Waals surface area contributed by atoms with Crippen LogP contribution in [0.5, 0.6) is 0 Å². The van der Waals surface area contributed by atoms with Crippen LogP contribution >= 0.6 is 0 Å². The number of piperidine rings is 1. The van der Waals surface area contributed by atoms with E-state index in [1.165, 1.54) is 0 Å². The lowest BCUT2D eigenvalue weighted by Gasteiger charge is -2.39. The fraction of sp³-hybridized carbons (Fsp3) is 0.526. The first kappa shape index (κ1) is 17.4. The first-order valence-electron chi connectivity index (χ1n) is 8.81. The molecule has 2 N–H and O–H groups in total. The lowest BCUT2D eigenvalue weighted by atomic mass is 9.96. The Morgan fingerprint density at radius 1 is 1.32 bits per heavy atom. The number of carbonyl (C=O) groups is 2. The van der Waals surface area contributed by atoms with Crippen LogP contribution in [0.1, 0.15) is 49.0 Å². The van der Waals surface area contributed by atoms with Gasteiger partial charge in [-0.2, -0.15) is 5.26 Å². The van der Waals surface area contributed by atoms with Crippen LogP contribution in [0, 0.1) is 17.2 Å². The van der Waals surface area contributed by atoms with E-state index >= 15 is 0 Å². The van der Waals surface area contributed by atoms with Crippen LogP contribution in [0.2, 0.25) is 0 Å². The first-order valence-corrected chi connectivity index (χ1v) is 8.81. The van der Waals surface area contributed by atoms with Gasteiger partial charge in [-0.1, -0.05) is 13.8 Å². The fourth-order valence-corrected chi connectivity index (χ4v) is 3.63. The van der Waals surface area contributed by atoms with Crippen molar-refractivity contribution in [1.82, 2.24) is 15.5 Å². The van der Waals surface area contributed by atoms with Gasteiger partial charge in [0.2, 0.25) is 5.91 Å². The van der Waals surface area contributed by atoms with Crippen LogP contribution in [0.25, 0.3) is 0 Å². The van der Waals surface area contributed by atoms with Gasteiger partial charge in [0.25, 0.3) is 5.91 Å². The first-order chi connectivity index (χ1) is 11.9. The third-order valence-electron chi connectivity index (χ3n) is 5.00. The molecule has 132 valence electrons. The van der Waals surface area contributed by atoms with Crippen LogP contribution in [0.15, 0.2) is 24.3 Å². The highest BCUT2D eigenvalue weighted by molar-refractivity contribution is 5.94. The molecule has 2 heterocycles. The molecule has 2 fully saturated rings. The Morgan fingerprint density at radius 2 is 1.96 bits per heavy atom. The summed E-state index contributed by atoms with van der Waals surface area (Å²) >= 11 is 0. The average Bonchev–Trinajstić information content (AvgIpc) is 2.89. The molecule has 1 unspecified atom stereocenters. The van der Waals surface area contributed by atoms with Crippen molar-refractivity contribution in [2.45, 2.75) is 44.8 Å². The standard InChI is InChI=1S/C19H24N4O2/c1-13(2)11-16-17(24)22-19(21-16)7-9-23(10-8-19)18(25)15-5-3-14(12-20)4-6-15/h3-6,13,16,21H,7-11H2,1-2H3,(H,22,24). The maximum Gasteiger partial charge on any atom is 0.253 e. The van der Waals surface area contributed by atoms with Crippen molar-refractivity contribution < 1.29 is 9.59 Å². The Morgan fingerprint density at radius 3 is 2.52 bits per heavy atom. The molecule has 1 atom stereocenters. The number of nitrogens with one attached hydrogen (secondary N) is 2. The van der Waals surface area contributed by atoms with Gasteiger partial charge in [-0.3, -0.25) is 14.9 Å². The number of nitrogens with zero attached hydrogens (tertiary/aromatic N) is 2. The number of likely N-dealkylation sites (tertiary alicyclic amines) is 1. The summed E-state index contributed by atoms with van der Waals surface area (Å²) < 4.78 is 0. The number of hydrogen-bond acceptors (Lipinski definition) is 4. The molecule has 2 aliphatic rings. The van der Waals surface area contributed by atoms with E-state index < -0.39 is 0 Å². The van der Waals surface area contributed by atoms with Crippen molar-refractivity contribution in [3.05, 3.63) is 35.4 Å². The zero-order valence-corrected chi connectivity index (χ0v) is 14.7. The van der Waals surface area contributed by atoms with E-state index in [9.17, 15) is 9.59 Å². The van der Waals surface area contributed by atoms with Crippen molar-refractivity contribution >= 4 is 11.8 Å². The molecule has 6 nitrogen and oxygen atoms in total. The largest absolute Gasteiger partial charge is 0.338 e. The molecule has 2 aliphatic heterocycles. The van der Waals surface area contributed by atoms with Crippen LogP contribution in [0.4, 0.5) is 0 Å². The Labute approximate surface area is 148 Å². The Hall–Kier alpha value is -2.39. The van der Waals surface area contributed by atoms with E-state index in [-0.39, 0.29) is 23.5 Å². The number of rotatable bonds is 3. The SMILES string of the molecule is CC(C)CC1NC2(CCN(C(=O)c3ccc(C#N)cc3)CC2)NC1=O. The number of amides is 2. The van der Waals surface area contributed by atoms with Crippen molar-refractivity contribution in [3.8, 4) is 6.07 Å². The van der Waals surface area contributed by atoms with Gasteiger partial charge in [-0.15, -0.1) is 0 Å². The normalized spacial score (nSPS) is 22.1. The third kappa shape index (κ3) is 3.67. The fourth-order valence-electron chi connectivity index (χ4n) is 3.63. The molecule has 2 amide bonds. The van der Waals surface area contributed by atoms with E-state index in [2.05, 4.69) is 30.6 Å². The second-order valence-corrected chi connectivity index (χ2v) is 7.38. The molecule has 25 heavy (non-hydrogen) atoms. The Kier molecular flexibility index (Phi) is 4.78. The third-order valence-corrected chi connectivity index (χ3v) is 5.00. The number of hydrogen-bond donors (Lipinski definition) is 2. The zero-order chi connectivity index (χ0) is 18.0. The Bertz CT molecular complexity index is 697. The molecule has 0 radical (unpaired) electrons. The summed E-state index contributed by atoms with van der Waals surface area (Å²) in [5.41, 5.74) is 0.761. The minimum atomic E-state index is -0.377. The summed E-state index contributed by atoms with van der Waals surface area (Å²) in [6.45, 7) is 5.42. The minimum absolute atomic E-state index is 0.0256. The van der Waals surface area contributed by atoms with Gasteiger partial charge in [0.15, 0.2) is 0 Å². The topological polar surface area (TPSA) is 85.2 Å². The highest BCUT2D eigenvalue weighted by Gasteiger charge is 2.45. The van der Waals surface area contributed by atoms with Crippen LogP contribution in [-0.2, 0) is 4.79 Å². The van der Waals surface area contributed by atoms with Crippen molar-refractivity contribution in [1.29, 1.82) is 5.26 Å². The average molecular weight is 340 g/mol. The Balaban J connectivity index is 1.61. The van der Waals surface area contributed by atoms with Crippen molar-refractivity contribution in [2.75, 3.05) is 13.1 Å². The molecule has 2 saturated heterocycles. The summed E-state index contributed by atoms with van der Waals surface area (Å²) in [5, 5.41) is 15.4. The smallest absolute Gasteiger partial charge is 0.253 e. The number of carbonyl (C=O) groups excluding carboxylic acids is 2. The molecule has 6 heteroatoms. The van der Waals surface area contributed by atoms with Crippen LogP contribution in [-0.4, -0.2) is 41.5 Å². The second-order valence-electron chi connectivity index (χ2n) is 7.38. The van der Waals surface area contributed by atoms with Gasteiger partial charge in [-0.05, 0) is 36.6 Å². The summed E-state index contributed by atoms with van der Waals surface area (Å²) in [5.74, 6) is 0.499. The molecule has 0 aromatic heterocycles. The van der Waals surface area contributed by atoms with Crippen molar-refractivity contribution in [2.24, 2.45) is 5.92 Å². The molecular formula is C19H24N4O2.